The van der Waals surface area contributed by atoms with Gasteiger partial charge in [0.15, 0.2) is 0 Å². The zero-order chi connectivity index (χ0) is 17.1. The minimum absolute atomic E-state index is 0.208. The molecule has 128 valence electrons. The minimum Gasteiger partial charge on any atom is -0.314 e. The van der Waals surface area contributed by atoms with Crippen molar-refractivity contribution in [3.05, 3.63) is 77.6 Å². The van der Waals surface area contributed by atoms with E-state index in [1.54, 1.807) is 0 Å². The van der Waals surface area contributed by atoms with Crippen LogP contribution in [0.4, 0.5) is 0 Å². The van der Waals surface area contributed by atoms with E-state index in [4.69, 9.17) is 4.98 Å². The van der Waals surface area contributed by atoms with Crippen LogP contribution in [-0.4, -0.2) is 36.1 Å². The van der Waals surface area contributed by atoms with Gasteiger partial charge in [0.25, 0.3) is 0 Å². The molecule has 1 atom stereocenters. The monoisotopic (exact) mass is 331 g/mol. The largest absolute Gasteiger partial charge is 0.314 e. The summed E-state index contributed by atoms with van der Waals surface area (Å²) < 4.78 is 0. The number of pyridine rings is 1. The molecular weight excluding hydrogens is 306 g/mol. The van der Waals surface area contributed by atoms with Gasteiger partial charge in [-0.1, -0.05) is 55.5 Å². The van der Waals surface area contributed by atoms with E-state index in [9.17, 15) is 0 Å². The zero-order valence-electron chi connectivity index (χ0n) is 14.8. The second-order valence-electron chi connectivity index (χ2n) is 6.70. The van der Waals surface area contributed by atoms with Gasteiger partial charge in [-0.05, 0) is 34.4 Å². The molecule has 4 rings (SSSR count). The molecule has 0 saturated carbocycles. The number of aryl methyl sites for hydroxylation is 1. The molecule has 1 aliphatic heterocycles. The van der Waals surface area contributed by atoms with E-state index in [2.05, 4.69) is 71.7 Å². The average molecular weight is 331 g/mol. The molecule has 3 heteroatoms. The summed E-state index contributed by atoms with van der Waals surface area (Å²) in [6, 6.07) is 20.0. The van der Waals surface area contributed by atoms with Crippen LogP contribution in [0.5, 0.6) is 0 Å². The summed E-state index contributed by atoms with van der Waals surface area (Å²) in [4.78, 5) is 7.41. The molecule has 1 saturated heterocycles. The van der Waals surface area contributed by atoms with E-state index in [1.165, 1.54) is 21.9 Å². The van der Waals surface area contributed by atoms with Crippen molar-refractivity contribution >= 4 is 10.8 Å². The number of hydrogen-bond acceptors (Lipinski definition) is 3. The van der Waals surface area contributed by atoms with Gasteiger partial charge in [0.05, 0.1) is 11.7 Å². The predicted molar refractivity (Wildman–Crippen MR) is 104 cm³/mol. The Morgan fingerprint density at radius 2 is 1.80 bits per heavy atom. The van der Waals surface area contributed by atoms with Gasteiger partial charge in [0, 0.05) is 32.4 Å². The number of piperazine rings is 1. The van der Waals surface area contributed by atoms with Gasteiger partial charge in [-0.2, -0.15) is 0 Å². The van der Waals surface area contributed by atoms with Crippen LogP contribution in [0, 0.1) is 0 Å². The van der Waals surface area contributed by atoms with Crippen LogP contribution in [0.3, 0.4) is 0 Å². The van der Waals surface area contributed by atoms with Crippen molar-refractivity contribution in [1.82, 2.24) is 15.2 Å². The Kier molecular flexibility index (Phi) is 4.77. The average Bonchev–Trinajstić information content (AvgIpc) is 2.70. The SMILES string of the molecule is CCc1ccc(C(c2cccc3ccccc23)N2CCNCC2)nc1. The fourth-order valence-electron chi connectivity index (χ4n) is 3.78. The molecule has 0 amide bonds. The number of benzene rings is 2. The molecule has 1 N–H and O–H groups in total. The van der Waals surface area contributed by atoms with Crippen LogP contribution in [0.25, 0.3) is 10.8 Å². The molecule has 25 heavy (non-hydrogen) atoms. The highest BCUT2D eigenvalue weighted by Gasteiger charge is 2.26. The molecule has 1 fully saturated rings. The first kappa shape index (κ1) is 16.2. The van der Waals surface area contributed by atoms with Crippen molar-refractivity contribution in [3.63, 3.8) is 0 Å². The van der Waals surface area contributed by atoms with E-state index < -0.39 is 0 Å². The predicted octanol–water partition coefficient (Wildman–Crippen LogP) is 3.79. The van der Waals surface area contributed by atoms with E-state index in [1.807, 2.05) is 6.20 Å². The highest BCUT2D eigenvalue weighted by Crippen LogP contribution is 2.33. The highest BCUT2D eigenvalue weighted by atomic mass is 15.2. The normalized spacial score (nSPS) is 16.8. The summed E-state index contributed by atoms with van der Waals surface area (Å²) in [5.41, 5.74) is 3.80. The lowest BCUT2D eigenvalue weighted by Crippen LogP contribution is -2.45. The van der Waals surface area contributed by atoms with E-state index in [0.717, 1.165) is 38.3 Å². The lowest BCUT2D eigenvalue weighted by atomic mass is 9.94. The van der Waals surface area contributed by atoms with Crippen molar-refractivity contribution in [2.75, 3.05) is 26.2 Å². The first-order chi connectivity index (χ1) is 12.4. The molecule has 1 unspecified atom stereocenters. The first-order valence-corrected chi connectivity index (χ1v) is 9.24. The van der Waals surface area contributed by atoms with Gasteiger partial charge in [-0.15, -0.1) is 0 Å². The third-order valence-corrected chi connectivity index (χ3v) is 5.17. The van der Waals surface area contributed by atoms with Crippen LogP contribution >= 0.6 is 0 Å². The molecule has 0 spiro atoms. The lowest BCUT2D eigenvalue weighted by Gasteiger charge is -2.35. The molecule has 0 radical (unpaired) electrons. The molecule has 0 bridgehead atoms. The number of fused-ring (bicyclic) bond motifs is 1. The fourth-order valence-corrected chi connectivity index (χ4v) is 3.78. The third-order valence-electron chi connectivity index (χ3n) is 5.17. The molecular formula is C22H25N3. The Morgan fingerprint density at radius 1 is 1.00 bits per heavy atom. The summed E-state index contributed by atoms with van der Waals surface area (Å²) in [6.07, 6.45) is 3.06. The van der Waals surface area contributed by atoms with Crippen molar-refractivity contribution in [3.8, 4) is 0 Å². The molecule has 3 aromatic rings. The van der Waals surface area contributed by atoms with Crippen LogP contribution in [-0.2, 0) is 6.42 Å². The molecule has 3 nitrogen and oxygen atoms in total. The third kappa shape index (κ3) is 3.30. The smallest absolute Gasteiger partial charge is 0.0783 e. The summed E-state index contributed by atoms with van der Waals surface area (Å²) >= 11 is 0. The number of nitrogens with zero attached hydrogens (tertiary/aromatic N) is 2. The Bertz CT molecular complexity index is 830. The first-order valence-electron chi connectivity index (χ1n) is 9.24. The zero-order valence-corrected chi connectivity index (χ0v) is 14.8. The minimum atomic E-state index is 0.208. The quantitative estimate of drug-likeness (QED) is 0.788. The Labute approximate surface area is 149 Å². The second kappa shape index (κ2) is 7.34. The standard InChI is InChI=1S/C22H25N3/c1-2-17-10-11-21(24-16-17)22(25-14-12-23-13-15-25)20-9-5-7-18-6-3-4-8-19(18)20/h3-11,16,22-23H,2,12-15H2,1H3. The topological polar surface area (TPSA) is 28.2 Å². The summed E-state index contributed by atoms with van der Waals surface area (Å²) in [5, 5.41) is 6.09. The van der Waals surface area contributed by atoms with Crippen molar-refractivity contribution in [2.45, 2.75) is 19.4 Å². The van der Waals surface area contributed by atoms with Crippen LogP contribution in [0.2, 0.25) is 0 Å². The van der Waals surface area contributed by atoms with Crippen molar-refractivity contribution in [2.24, 2.45) is 0 Å². The lowest BCUT2D eigenvalue weighted by molar-refractivity contribution is 0.196. The van der Waals surface area contributed by atoms with Gasteiger partial charge < -0.3 is 5.32 Å². The fraction of sp³-hybridized carbons (Fsp3) is 0.318. The van der Waals surface area contributed by atoms with Gasteiger partial charge in [0.1, 0.15) is 0 Å². The van der Waals surface area contributed by atoms with Crippen molar-refractivity contribution < 1.29 is 0 Å². The molecule has 2 heterocycles. The van der Waals surface area contributed by atoms with Gasteiger partial charge in [0.2, 0.25) is 0 Å². The summed E-state index contributed by atoms with van der Waals surface area (Å²) in [6.45, 7) is 6.34. The maximum atomic E-state index is 4.85. The Balaban J connectivity index is 1.83. The maximum absolute atomic E-state index is 4.85. The van der Waals surface area contributed by atoms with Gasteiger partial charge >= 0.3 is 0 Å². The van der Waals surface area contributed by atoms with Crippen LogP contribution < -0.4 is 5.32 Å². The van der Waals surface area contributed by atoms with Crippen LogP contribution in [0.1, 0.15) is 29.8 Å². The van der Waals surface area contributed by atoms with E-state index in [-0.39, 0.29) is 6.04 Å². The Hall–Kier alpha value is -2.23. The number of nitrogens with one attached hydrogen (secondary N) is 1. The second-order valence-corrected chi connectivity index (χ2v) is 6.70. The van der Waals surface area contributed by atoms with Crippen molar-refractivity contribution in [1.29, 1.82) is 0 Å². The number of hydrogen-bond donors (Lipinski definition) is 1. The maximum Gasteiger partial charge on any atom is 0.0783 e. The van der Waals surface area contributed by atoms with E-state index in [0.29, 0.717) is 0 Å². The van der Waals surface area contributed by atoms with Gasteiger partial charge in [-0.3, -0.25) is 9.88 Å². The van der Waals surface area contributed by atoms with Crippen LogP contribution in [0.15, 0.2) is 60.8 Å². The van der Waals surface area contributed by atoms with E-state index >= 15 is 0 Å². The molecule has 1 aliphatic rings. The number of aromatic nitrogens is 1. The molecule has 2 aromatic carbocycles. The Morgan fingerprint density at radius 3 is 2.56 bits per heavy atom. The summed E-state index contributed by atoms with van der Waals surface area (Å²) in [7, 11) is 0. The summed E-state index contributed by atoms with van der Waals surface area (Å²) in [5.74, 6) is 0. The molecule has 1 aromatic heterocycles. The number of rotatable bonds is 4. The highest BCUT2D eigenvalue weighted by molar-refractivity contribution is 5.86. The van der Waals surface area contributed by atoms with Gasteiger partial charge in [-0.25, -0.2) is 0 Å². The molecule has 0 aliphatic carbocycles.